The van der Waals surface area contributed by atoms with Crippen molar-refractivity contribution in [2.24, 2.45) is 5.41 Å². The summed E-state index contributed by atoms with van der Waals surface area (Å²) in [5, 5.41) is 26.4. The highest BCUT2D eigenvalue weighted by molar-refractivity contribution is 6.30. The highest BCUT2D eigenvalue weighted by Gasteiger charge is 2.44. The first-order chi connectivity index (χ1) is 18.4. The van der Waals surface area contributed by atoms with Crippen LogP contribution in [0.1, 0.15) is 77.3 Å². The van der Waals surface area contributed by atoms with E-state index in [9.17, 15) is 29.4 Å². The van der Waals surface area contributed by atoms with Gasteiger partial charge in [-0.3, -0.25) is 19.2 Å². The van der Waals surface area contributed by atoms with Crippen LogP contribution in [0, 0.1) is 5.41 Å². The van der Waals surface area contributed by atoms with Gasteiger partial charge in [-0.05, 0) is 36.0 Å². The Morgan fingerprint density at radius 2 is 1.67 bits per heavy atom. The minimum atomic E-state index is -0.953. The summed E-state index contributed by atoms with van der Waals surface area (Å²) >= 11 is 5.94. The molecule has 10 nitrogen and oxygen atoms in total. The van der Waals surface area contributed by atoms with E-state index in [0.29, 0.717) is 29.8 Å². The molecule has 0 aromatic heterocycles. The van der Waals surface area contributed by atoms with Crippen molar-refractivity contribution < 1.29 is 34.1 Å². The molecule has 0 saturated carbocycles. The van der Waals surface area contributed by atoms with E-state index in [-0.39, 0.29) is 37.9 Å². The molecule has 1 aromatic carbocycles. The summed E-state index contributed by atoms with van der Waals surface area (Å²) in [7, 11) is 1.35. The second-order valence-electron chi connectivity index (χ2n) is 11.0. The zero-order valence-electron chi connectivity index (χ0n) is 23.2. The van der Waals surface area contributed by atoms with Gasteiger partial charge in [-0.25, -0.2) is 0 Å². The van der Waals surface area contributed by atoms with E-state index < -0.39 is 41.5 Å². The third kappa shape index (κ3) is 10.1. The number of unbranched alkanes of at least 4 members (excludes halogenated alkanes) is 3. The van der Waals surface area contributed by atoms with Gasteiger partial charge in [-0.15, -0.1) is 0 Å². The molecule has 0 spiro atoms. The van der Waals surface area contributed by atoms with E-state index in [1.165, 1.54) is 12.0 Å². The Bertz CT molecular complexity index is 980. The maximum Gasteiger partial charge on any atom is 0.305 e. The number of nitrogens with zero attached hydrogens (tertiary/aromatic N) is 1. The molecule has 39 heavy (non-hydrogen) atoms. The number of hydrogen-bond donors (Lipinski definition) is 4. The molecule has 218 valence electrons. The van der Waals surface area contributed by atoms with Crippen LogP contribution in [0.15, 0.2) is 24.3 Å². The Kier molecular flexibility index (Phi) is 12.7. The number of rotatable bonds is 13. The Hall–Kier alpha value is -2.69. The summed E-state index contributed by atoms with van der Waals surface area (Å²) in [6.45, 7) is 5.08. The van der Waals surface area contributed by atoms with E-state index in [2.05, 4.69) is 15.4 Å². The Morgan fingerprint density at radius 3 is 2.23 bits per heavy atom. The van der Waals surface area contributed by atoms with E-state index in [1.807, 2.05) is 20.8 Å². The standard InChI is InChI=1S/C28H42ClN3O7/c1-28(2,3)25(31-23(35)9-7-5-6-8-10-24(36)39-4)27(38)32-16-20(34)15-22(32)26(37)30-21(17-33)18-11-13-19(29)14-12-18/h11-14,20-22,25,33-34H,5-10,15-17H2,1-4H3,(H,30,37)(H,31,35)/t20-,21+,22+,25-/m1/s1. The minimum Gasteiger partial charge on any atom is -0.469 e. The predicted molar refractivity (Wildman–Crippen MR) is 147 cm³/mol. The molecule has 1 aromatic rings. The average molecular weight is 568 g/mol. The van der Waals surface area contributed by atoms with E-state index >= 15 is 0 Å². The van der Waals surface area contributed by atoms with Crippen LogP contribution in [-0.2, 0) is 23.9 Å². The van der Waals surface area contributed by atoms with Gasteiger partial charge in [0, 0.05) is 30.8 Å². The predicted octanol–water partition coefficient (Wildman–Crippen LogP) is 2.50. The molecule has 4 N–H and O–H groups in total. The van der Waals surface area contributed by atoms with Crippen LogP contribution in [0.5, 0.6) is 0 Å². The van der Waals surface area contributed by atoms with Gasteiger partial charge in [-0.2, -0.15) is 0 Å². The molecule has 4 atom stereocenters. The number of likely N-dealkylation sites (tertiary alicyclic amines) is 1. The number of methoxy groups -OCH3 is 1. The molecule has 1 saturated heterocycles. The normalized spacial score (nSPS) is 18.8. The number of amides is 3. The first-order valence-corrected chi connectivity index (χ1v) is 13.8. The van der Waals surface area contributed by atoms with Gasteiger partial charge >= 0.3 is 5.97 Å². The molecule has 1 fully saturated rings. The lowest BCUT2D eigenvalue weighted by Gasteiger charge is -2.35. The summed E-state index contributed by atoms with van der Waals surface area (Å²) in [4.78, 5) is 52.1. The molecule has 2 rings (SSSR count). The second-order valence-corrected chi connectivity index (χ2v) is 11.5. The van der Waals surface area contributed by atoms with Gasteiger partial charge in [0.1, 0.15) is 12.1 Å². The van der Waals surface area contributed by atoms with Crippen LogP contribution in [0.2, 0.25) is 5.02 Å². The second kappa shape index (κ2) is 15.2. The van der Waals surface area contributed by atoms with Crippen molar-refractivity contribution in [2.75, 3.05) is 20.3 Å². The van der Waals surface area contributed by atoms with Crippen LogP contribution in [-0.4, -0.2) is 77.3 Å². The number of β-amino-alcohol motifs (C(OH)–C–C–N with tert-alkyl or cyclic N) is 1. The SMILES string of the molecule is COC(=O)CCCCCCC(=O)N[C@H](C(=O)N1C[C@H](O)C[C@H]1C(=O)N[C@@H](CO)c1ccc(Cl)cc1)C(C)(C)C. The number of halogens is 1. The van der Waals surface area contributed by atoms with Crippen molar-refractivity contribution in [3.63, 3.8) is 0 Å². The highest BCUT2D eigenvalue weighted by Crippen LogP contribution is 2.27. The molecular weight excluding hydrogens is 526 g/mol. The molecule has 0 aliphatic carbocycles. The third-order valence-electron chi connectivity index (χ3n) is 6.82. The summed E-state index contributed by atoms with van der Waals surface area (Å²) in [6.07, 6.45) is 2.58. The summed E-state index contributed by atoms with van der Waals surface area (Å²) in [5.41, 5.74) is -0.00419. The van der Waals surface area contributed by atoms with Crippen molar-refractivity contribution in [3.8, 4) is 0 Å². The molecule has 0 unspecified atom stereocenters. The van der Waals surface area contributed by atoms with Gasteiger partial charge in [-0.1, -0.05) is 57.3 Å². The fourth-order valence-electron chi connectivity index (χ4n) is 4.56. The van der Waals surface area contributed by atoms with Crippen LogP contribution in [0.4, 0.5) is 0 Å². The van der Waals surface area contributed by atoms with E-state index in [1.54, 1.807) is 24.3 Å². The van der Waals surface area contributed by atoms with Gasteiger partial charge in [0.25, 0.3) is 0 Å². The highest BCUT2D eigenvalue weighted by atomic mass is 35.5. The molecule has 11 heteroatoms. The minimum absolute atomic E-state index is 0.0374. The van der Waals surface area contributed by atoms with Gasteiger partial charge in [0.2, 0.25) is 17.7 Å². The maximum absolute atomic E-state index is 13.7. The van der Waals surface area contributed by atoms with Crippen LogP contribution in [0.25, 0.3) is 0 Å². The lowest BCUT2D eigenvalue weighted by molar-refractivity contribution is -0.144. The Morgan fingerprint density at radius 1 is 1.05 bits per heavy atom. The van der Waals surface area contributed by atoms with E-state index in [0.717, 1.165) is 12.8 Å². The largest absolute Gasteiger partial charge is 0.469 e. The zero-order valence-corrected chi connectivity index (χ0v) is 24.0. The molecule has 1 aliphatic rings. The number of aliphatic hydroxyl groups excluding tert-OH is 2. The molecule has 0 radical (unpaired) electrons. The monoisotopic (exact) mass is 567 g/mol. The topological polar surface area (TPSA) is 145 Å². The smallest absolute Gasteiger partial charge is 0.305 e. The number of esters is 1. The molecule has 0 bridgehead atoms. The lowest BCUT2D eigenvalue weighted by atomic mass is 9.85. The lowest BCUT2D eigenvalue weighted by Crippen LogP contribution is -2.58. The first-order valence-electron chi connectivity index (χ1n) is 13.4. The van der Waals surface area contributed by atoms with Crippen LogP contribution < -0.4 is 10.6 Å². The molecule has 1 heterocycles. The quantitative estimate of drug-likeness (QED) is 0.212. The average Bonchev–Trinajstić information content (AvgIpc) is 3.28. The fraction of sp³-hybridized carbons (Fsp3) is 0.643. The Labute approximate surface area is 235 Å². The van der Waals surface area contributed by atoms with Crippen molar-refractivity contribution in [1.82, 2.24) is 15.5 Å². The molecule has 1 aliphatic heterocycles. The number of ether oxygens (including phenoxy) is 1. The number of benzene rings is 1. The maximum atomic E-state index is 13.7. The summed E-state index contributed by atoms with van der Waals surface area (Å²) in [5.74, 6) is -1.48. The van der Waals surface area contributed by atoms with Crippen LogP contribution >= 0.6 is 11.6 Å². The van der Waals surface area contributed by atoms with Crippen molar-refractivity contribution in [2.45, 2.75) is 89.9 Å². The van der Waals surface area contributed by atoms with Gasteiger partial charge in [0.15, 0.2) is 0 Å². The van der Waals surface area contributed by atoms with Crippen molar-refractivity contribution in [1.29, 1.82) is 0 Å². The zero-order chi connectivity index (χ0) is 29.2. The third-order valence-corrected chi connectivity index (χ3v) is 7.07. The van der Waals surface area contributed by atoms with E-state index in [4.69, 9.17) is 11.6 Å². The first kappa shape index (κ1) is 32.5. The summed E-state index contributed by atoms with van der Waals surface area (Å²) < 4.78 is 4.62. The number of nitrogens with one attached hydrogen (secondary N) is 2. The van der Waals surface area contributed by atoms with Gasteiger partial charge in [0.05, 0.1) is 25.9 Å². The Balaban J connectivity index is 2.02. The van der Waals surface area contributed by atoms with Crippen LogP contribution in [0.3, 0.4) is 0 Å². The van der Waals surface area contributed by atoms with Crippen molar-refractivity contribution in [3.05, 3.63) is 34.9 Å². The van der Waals surface area contributed by atoms with Crippen molar-refractivity contribution >= 4 is 35.3 Å². The number of aliphatic hydroxyl groups is 2. The number of carbonyl (C=O) groups excluding carboxylic acids is 4. The summed E-state index contributed by atoms with van der Waals surface area (Å²) in [6, 6.07) is 4.12. The number of carbonyl (C=O) groups is 4. The molecule has 3 amide bonds. The number of hydrogen-bond acceptors (Lipinski definition) is 7. The van der Waals surface area contributed by atoms with Gasteiger partial charge < -0.3 is 30.5 Å². The molecular formula is C28H42ClN3O7. The fourth-order valence-corrected chi connectivity index (χ4v) is 4.69.